The Morgan fingerprint density at radius 3 is 2.88 bits per heavy atom. The molecule has 0 aromatic heterocycles. The first-order valence-electron chi connectivity index (χ1n) is 10.6. The lowest BCUT2D eigenvalue weighted by Gasteiger charge is -2.33. The van der Waals surface area contributed by atoms with Crippen molar-refractivity contribution in [2.45, 2.75) is 43.5 Å². The molecule has 2 N–H and O–H groups in total. The van der Waals surface area contributed by atoms with E-state index in [2.05, 4.69) is 10.3 Å². The van der Waals surface area contributed by atoms with Crippen LogP contribution in [0.25, 0.3) is 0 Å². The number of hydrogen-bond donors (Lipinski definition) is 2. The van der Waals surface area contributed by atoms with Gasteiger partial charge in [0, 0.05) is 31.4 Å². The summed E-state index contributed by atoms with van der Waals surface area (Å²) < 4.78 is 45.7. The summed E-state index contributed by atoms with van der Waals surface area (Å²) in [4.78, 5) is 29.5. The van der Waals surface area contributed by atoms with Gasteiger partial charge in [0.1, 0.15) is 4.38 Å². The number of aliphatic imine (C=N–C) groups is 1. The number of hydrogen-bond acceptors (Lipinski definition) is 7. The maximum Gasteiger partial charge on any atom is 0.417 e. The van der Waals surface area contributed by atoms with Crippen LogP contribution in [0.4, 0.5) is 13.2 Å². The van der Waals surface area contributed by atoms with E-state index in [4.69, 9.17) is 21.4 Å². The fourth-order valence-corrected chi connectivity index (χ4v) is 6.09. The zero-order valence-corrected chi connectivity index (χ0v) is 20.7. The molecule has 0 aliphatic carbocycles. The number of nitrogens with one attached hydrogen (secondary N) is 1. The number of carbonyl (C=O) groups excluding carboxylic acids is 1. The Morgan fingerprint density at radius 1 is 1.41 bits per heavy atom. The van der Waals surface area contributed by atoms with Crippen LogP contribution in [0, 0.1) is 0 Å². The Hall–Kier alpha value is -1.47. The van der Waals surface area contributed by atoms with Gasteiger partial charge < -0.3 is 15.2 Å². The zero-order valence-electron chi connectivity index (χ0n) is 18.3. The third-order valence-electron chi connectivity index (χ3n) is 5.30. The highest BCUT2D eigenvalue weighted by molar-refractivity contribution is 8.39. The summed E-state index contributed by atoms with van der Waals surface area (Å²) in [6.07, 6.45) is -4.83. The first kappa shape index (κ1) is 27.1. The molecule has 1 fully saturated rings. The summed E-state index contributed by atoms with van der Waals surface area (Å²) >= 11 is 8.43. The second-order valence-corrected chi connectivity index (χ2v) is 11.0. The number of carboxylic acid groups (broad SMARTS) is 1. The maximum absolute atomic E-state index is 13.1. The average Bonchev–Trinajstić information content (AvgIpc) is 3.10. The van der Waals surface area contributed by atoms with Gasteiger partial charge in [-0.2, -0.15) is 13.2 Å². The van der Waals surface area contributed by atoms with Crippen LogP contribution < -0.4 is 5.32 Å². The molecule has 1 aromatic rings. The summed E-state index contributed by atoms with van der Waals surface area (Å²) in [5.74, 6) is -0.945. The number of rotatable bonds is 8. The normalized spacial score (nSPS) is 23.6. The molecule has 0 spiro atoms. The largest absolute Gasteiger partial charge is 0.481 e. The minimum atomic E-state index is -4.51. The lowest BCUT2D eigenvalue weighted by molar-refractivity contribution is -0.138. The zero-order chi connectivity index (χ0) is 24.9. The Bertz CT molecular complexity index is 935. The maximum atomic E-state index is 13.1. The Labute approximate surface area is 208 Å². The molecule has 1 amide bonds. The molecule has 2 aliphatic rings. The van der Waals surface area contributed by atoms with Gasteiger partial charge in [0.05, 0.1) is 41.5 Å². The van der Waals surface area contributed by atoms with Crippen LogP contribution in [0.1, 0.15) is 24.5 Å². The van der Waals surface area contributed by atoms with E-state index in [1.165, 1.54) is 29.6 Å². The molecule has 1 saturated heterocycles. The van der Waals surface area contributed by atoms with Crippen molar-refractivity contribution in [3.8, 4) is 0 Å². The molecule has 3 rings (SSSR count). The van der Waals surface area contributed by atoms with Gasteiger partial charge in [-0.3, -0.25) is 19.5 Å². The molecule has 13 heteroatoms. The van der Waals surface area contributed by atoms with Gasteiger partial charge in [-0.05, 0) is 17.7 Å². The topological polar surface area (TPSA) is 91.2 Å². The number of halogens is 4. The molecule has 188 valence electrons. The summed E-state index contributed by atoms with van der Waals surface area (Å²) in [7, 11) is 0. The quantitative estimate of drug-likeness (QED) is 0.520. The van der Waals surface area contributed by atoms with E-state index in [-0.39, 0.29) is 47.0 Å². The predicted octanol–water partition coefficient (Wildman–Crippen LogP) is 3.74. The van der Waals surface area contributed by atoms with Gasteiger partial charge in [-0.1, -0.05) is 48.1 Å². The molecule has 0 radical (unpaired) electrons. The Balaban J connectivity index is 1.43. The summed E-state index contributed by atoms with van der Waals surface area (Å²) in [6.45, 7) is 3.95. The van der Waals surface area contributed by atoms with Gasteiger partial charge >= 0.3 is 12.1 Å². The summed E-state index contributed by atoms with van der Waals surface area (Å²) in [5.41, 5.74) is -0.349. The van der Waals surface area contributed by atoms with E-state index < -0.39 is 17.7 Å². The molecule has 34 heavy (non-hydrogen) atoms. The van der Waals surface area contributed by atoms with Crippen LogP contribution in [0.3, 0.4) is 0 Å². The molecule has 2 aliphatic heterocycles. The smallest absolute Gasteiger partial charge is 0.417 e. The summed E-state index contributed by atoms with van der Waals surface area (Å²) in [5, 5.41) is 11.5. The Morgan fingerprint density at radius 2 is 2.18 bits per heavy atom. The van der Waals surface area contributed by atoms with E-state index in [1.54, 1.807) is 6.07 Å². The minimum Gasteiger partial charge on any atom is -0.481 e. The van der Waals surface area contributed by atoms with Crippen molar-refractivity contribution in [3.05, 3.63) is 34.3 Å². The van der Waals surface area contributed by atoms with Gasteiger partial charge in [0.25, 0.3) is 0 Å². The minimum absolute atomic E-state index is 0.0342. The van der Waals surface area contributed by atoms with Crippen molar-refractivity contribution < 1.29 is 32.6 Å². The van der Waals surface area contributed by atoms with Crippen molar-refractivity contribution in [3.63, 3.8) is 0 Å². The number of carbonyl (C=O) groups is 2. The van der Waals surface area contributed by atoms with Crippen LogP contribution in [0.15, 0.2) is 23.2 Å². The molecule has 1 unspecified atom stereocenters. The SMILES string of the molecule is C[C@@H]1SC(SCC(=O)NC[C@H]2CN(Cc3ccc(Cl)c(C(F)(F)F)c3)CCO2)=NC1CC(=O)O. The highest BCUT2D eigenvalue weighted by atomic mass is 35.5. The average molecular weight is 540 g/mol. The molecule has 0 saturated carbocycles. The van der Waals surface area contributed by atoms with Gasteiger partial charge in [0.15, 0.2) is 0 Å². The van der Waals surface area contributed by atoms with Crippen molar-refractivity contribution in [2.75, 3.05) is 32.0 Å². The molecule has 0 bridgehead atoms. The lowest BCUT2D eigenvalue weighted by atomic mass is 10.1. The van der Waals surface area contributed by atoms with Crippen LogP contribution in [0.2, 0.25) is 5.02 Å². The van der Waals surface area contributed by atoms with Gasteiger partial charge in [0.2, 0.25) is 5.91 Å². The van der Waals surface area contributed by atoms with Crippen molar-refractivity contribution in [2.24, 2.45) is 4.99 Å². The van der Waals surface area contributed by atoms with Crippen LogP contribution in [-0.2, 0) is 27.0 Å². The second kappa shape index (κ2) is 12.0. The third-order valence-corrected chi connectivity index (χ3v) is 8.03. The number of amides is 1. The van der Waals surface area contributed by atoms with Crippen LogP contribution in [0.5, 0.6) is 0 Å². The lowest BCUT2D eigenvalue weighted by Crippen LogP contribution is -2.47. The summed E-state index contributed by atoms with van der Waals surface area (Å²) in [6, 6.07) is 3.61. The monoisotopic (exact) mass is 539 g/mol. The first-order valence-corrected chi connectivity index (χ1v) is 12.8. The molecule has 3 atom stereocenters. The highest BCUT2D eigenvalue weighted by Gasteiger charge is 2.33. The fraction of sp³-hybridized carbons (Fsp3) is 0.571. The van der Waals surface area contributed by atoms with Crippen molar-refractivity contribution in [1.82, 2.24) is 10.2 Å². The molecule has 2 heterocycles. The van der Waals surface area contributed by atoms with Crippen molar-refractivity contribution >= 4 is 51.4 Å². The standard InChI is InChI=1S/C21H25ClF3N3O4S2/c1-12-17(7-19(30)31)27-20(34-12)33-11-18(29)26-8-14-10-28(4-5-32-14)9-13-2-3-16(22)15(6-13)21(23,24)25/h2-3,6,12,14,17H,4-5,7-11H2,1H3,(H,26,29)(H,30,31)/t12-,14-,17?/m0/s1. The highest BCUT2D eigenvalue weighted by Crippen LogP contribution is 2.35. The third kappa shape index (κ3) is 8.04. The number of alkyl halides is 3. The molecular formula is C21H25ClF3N3O4S2. The Kier molecular flexibility index (Phi) is 9.56. The number of aliphatic carboxylic acids is 1. The van der Waals surface area contributed by atoms with E-state index in [0.29, 0.717) is 36.2 Å². The molecule has 1 aromatic carbocycles. The number of morpholine rings is 1. The number of nitrogens with zero attached hydrogens (tertiary/aromatic N) is 2. The second-order valence-electron chi connectivity index (χ2n) is 8.02. The first-order chi connectivity index (χ1) is 16.0. The van der Waals surface area contributed by atoms with Gasteiger partial charge in [-0.25, -0.2) is 0 Å². The number of benzene rings is 1. The van der Waals surface area contributed by atoms with Crippen molar-refractivity contribution in [1.29, 1.82) is 0 Å². The van der Waals surface area contributed by atoms with E-state index in [1.807, 2.05) is 11.8 Å². The number of carboxylic acids is 1. The van der Waals surface area contributed by atoms with E-state index >= 15 is 0 Å². The predicted molar refractivity (Wildman–Crippen MR) is 127 cm³/mol. The molecular weight excluding hydrogens is 515 g/mol. The van der Waals surface area contributed by atoms with E-state index in [0.717, 1.165) is 6.07 Å². The van der Waals surface area contributed by atoms with Gasteiger partial charge in [-0.15, -0.1) is 0 Å². The molecule has 7 nitrogen and oxygen atoms in total. The van der Waals surface area contributed by atoms with Crippen LogP contribution in [-0.4, -0.2) is 75.6 Å². The number of ether oxygens (including phenoxy) is 1. The fourth-order valence-electron chi connectivity index (χ4n) is 3.57. The van der Waals surface area contributed by atoms with Crippen LogP contribution >= 0.6 is 35.1 Å². The van der Waals surface area contributed by atoms with E-state index in [9.17, 15) is 22.8 Å². The number of thioether (sulfide) groups is 2.